The number of furan rings is 1. The normalized spacial score (nSPS) is 15.4. The molecule has 5 heteroatoms. The number of esters is 1. The maximum atomic E-state index is 12.0. The van der Waals surface area contributed by atoms with E-state index in [2.05, 4.69) is 29.6 Å². The lowest BCUT2D eigenvalue weighted by Gasteiger charge is -2.18. The number of hydrogen-bond donors (Lipinski definition) is 2. The zero-order chi connectivity index (χ0) is 15.7. The van der Waals surface area contributed by atoms with Gasteiger partial charge in [0.05, 0.1) is 12.1 Å². The maximum Gasteiger partial charge on any atom is 0.347 e. The number of aryl methyl sites for hydroxylation is 1. The van der Waals surface area contributed by atoms with Gasteiger partial charge in [0.15, 0.2) is 11.3 Å². The number of carbonyl (C=O) groups excluding carboxylic acids is 1. The Morgan fingerprint density at radius 3 is 2.64 bits per heavy atom. The van der Waals surface area contributed by atoms with Gasteiger partial charge in [-0.15, -0.1) is 0 Å². The molecule has 0 bridgehead atoms. The van der Waals surface area contributed by atoms with Crippen molar-refractivity contribution in [1.82, 2.24) is 0 Å². The summed E-state index contributed by atoms with van der Waals surface area (Å²) in [6.45, 7) is 4.00. The molecule has 116 valence electrons. The van der Waals surface area contributed by atoms with Crippen molar-refractivity contribution in [2.75, 3.05) is 11.9 Å². The van der Waals surface area contributed by atoms with Crippen LogP contribution in [0.1, 0.15) is 41.3 Å². The van der Waals surface area contributed by atoms with E-state index in [4.69, 9.17) is 9.15 Å². The first-order valence-electron chi connectivity index (χ1n) is 7.38. The Kier molecular flexibility index (Phi) is 3.56. The highest BCUT2D eigenvalue weighted by molar-refractivity contribution is 5.97. The standard InChI is InChI=1S/C17H19NO4/c1-3-21-16(20)14-13(19)10-22-15(14)18-17(8-9-17)12-6-4-11(2)5-7-12/h4-7,10,18-19H,3,8-9H2,1-2H3. The van der Waals surface area contributed by atoms with Gasteiger partial charge in [-0.3, -0.25) is 0 Å². The van der Waals surface area contributed by atoms with Crippen LogP contribution < -0.4 is 5.32 Å². The summed E-state index contributed by atoms with van der Waals surface area (Å²) in [4.78, 5) is 12.0. The average molecular weight is 301 g/mol. The number of anilines is 1. The number of hydrogen-bond acceptors (Lipinski definition) is 5. The summed E-state index contributed by atoms with van der Waals surface area (Å²) in [7, 11) is 0. The van der Waals surface area contributed by atoms with Crippen LogP contribution in [0.4, 0.5) is 5.88 Å². The minimum Gasteiger partial charge on any atom is -0.504 e. The van der Waals surface area contributed by atoms with E-state index in [9.17, 15) is 9.90 Å². The van der Waals surface area contributed by atoms with Crippen LogP contribution in [0, 0.1) is 6.92 Å². The molecule has 5 nitrogen and oxygen atoms in total. The largest absolute Gasteiger partial charge is 0.504 e. The van der Waals surface area contributed by atoms with Crippen molar-refractivity contribution in [2.24, 2.45) is 0 Å². The Morgan fingerprint density at radius 1 is 1.36 bits per heavy atom. The van der Waals surface area contributed by atoms with Gasteiger partial charge < -0.3 is 19.6 Å². The van der Waals surface area contributed by atoms with Crippen molar-refractivity contribution in [3.8, 4) is 5.75 Å². The summed E-state index contributed by atoms with van der Waals surface area (Å²) in [5, 5.41) is 13.1. The van der Waals surface area contributed by atoms with Crippen molar-refractivity contribution >= 4 is 11.9 Å². The Morgan fingerprint density at radius 2 is 2.05 bits per heavy atom. The van der Waals surface area contributed by atoms with Crippen molar-refractivity contribution in [3.63, 3.8) is 0 Å². The molecule has 1 aromatic carbocycles. The van der Waals surface area contributed by atoms with Gasteiger partial charge in [0.1, 0.15) is 6.26 Å². The molecule has 0 spiro atoms. The Hall–Kier alpha value is -2.43. The molecule has 0 unspecified atom stereocenters. The Bertz CT molecular complexity index is 683. The lowest BCUT2D eigenvalue weighted by atomic mass is 10.0. The lowest BCUT2D eigenvalue weighted by Crippen LogP contribution is -2.20. The predicted octanol–water partition coefficient (Wildman–Crippen LogP) is 3.57. The first-order chi connectivity index (χ1) is 10.6. The number of carbonyl (C=O) groups is 1. The molecule has 1 aliphatic carbocycles. The summed E-state index contributed by atoms with van der Waals surface area (Å²) in [6, 6.07) is 8.26. The van der Waals surface area contributed by atoms with Crippen LogP contribution in [0.2, 0.25) is 0 Å². The molecule has 1 fully saturated rings. The first kappa shape index (κ1) is 14.5. The molecule has 0 atom stereocenters. The number of nitrogens with one attached hydrogen (secondary N) is 1. The molecule has 2 aromatic rings. The molecule has 0 aliphatic heterocycles. The molecular weight excluding hydrogens is 282 g/mol. The fourth-order valence-electron chi connectivity index (χ4n) is 2.54. The zero-order valence-electron chi connectivity index (χ0n) is 12.7. The monoisotopic (exact) mass is 301 g/mol. The van der Waals surface area contributed by atoms with Crippen molar-refractivity contribution in [1.29, 1.82) is 0 Å². The molecule has 1 heterocycles. The molecule has 0 amide bonds. The fourth-order valence-corrected chi connectivity index (χ4v) is 2.54. The third-order valence-electron chi connectivity index (χ3n) is 3.96. The molecule has 2 N–H and O–H groups in total. The smallest absolute Gasteiger partial charge is 0.347 e. The van der Waals surface area contributed by atoms with Crippen molar-refractivity contribution < 1.29 is 19.1 Å². The number of aromatic hydroxyl groups is 1. The second kappa shape index (κ2) is 5.40. The van der Waals surface area contributed by atoms with Crippen molar-refractivity contribution in [2.45, 2.75) is 32.2 Å². The fraction of sp³-hybridized carbons (Fsp3) is 0.353. The number of benzene rings is 1. The zero-order valence-corrected chi connectivity index (χ0v) is 12.7. The van der Waals surface area contributed by atoms with Crippen LogP contribution in [0.5, 0.6) is 5.75 Å². The van der Waals surface area contributed by atoms with Gasteiger partial charge in [0, 0.05) is 0 Å². The molecule has 3 rings (SSSR count). The van der Waals surface area contributed by atoms with E-state index in [0.717, 1.165) is 24.7 Å². The van der Waals surface area contributed by atoms with Gasteiger partial charge in [-0.05, 0) is 32.3 Å². The van der Waals surface area contributed by atoms with Gasteiger partial charge >= 0.3 is 5.97 Å². The van der Waals surface area contributed by atoms with Crippen LogP contribution in [0.25, 0.3) is 0 Å². The van der Waals surface area contributed by atoms with Crippen LogP contribution in [-0.4, -0.2) is 17.7 Å². The summed E-state index contributed by atoms with van der Waals surface area (Å²) in [5.41, 5.74) is 2.16. The molecular formula is C17H19NO4. The molecule has 0 radical (unpaired) electrons. The average Bonchev–Trinajstić information content (AvgIpc) is 3.17. The van der Waals surface area contributed by atoms with Crippen LogP contribution in [-0.2, 0) is 10.3 Å². The van der Waals surface area contributed by atoms with E-state index in [1.807, 2.05) is 6.92 Å². The predicted molar refractivity (Wildman–Crippen MR) is 82.0 cm³/mol. The minimum absolute atomic E-state index is 0.0558. The highest BCUT2D eigenvalue weighted by Crippen LogP contribution is 2.49. The number of ether oxygens (including phenoxy) is 1. The van der Waals surface area contributed by atoms with E-state index in [1.165, 1.54) is 5.56 Å². The second-order valence-corrected chi connectivity index (χ2v) is 5.62. The topological polar surface area (TPSA) is 71.7 Å². The maximum absolute atomic E-state index is 12.0. The highest BCUT2D eigenvalue weighted by Gasteiger charge is 2.46. The third kappa shape index (κ3) is 2.54. The lowest BCUT2D eigenvalue weighted by molar-refractivity contribution is 0.0524. The van der Waals surface area contributed by atoms with E-state index >= 15 is 0 Å². The van der Waals surface area contributed by atoms with Crippen molar-refractivity contribution in [3.05, 3.63) is 47.2 Å². The van der Waals surface area contributed by atoms with Crippen LogP contribution >= 0.6 is 0 Å². The van der Waals surface area contributed by atoms with Gasteiger partial charge in [0.2, 0.25) is 5.88 Å². The molecule has 22 heavy (non-hydrogen) atoms. The molecule has 1 aliphatic rings. The summed E-state index contributed by atoms with van der Waals surface area (Å²) >= 11 is 0. The third-order valence-corrected chi connectivity index (χ3v) is 3.96. The van der Waals surface area contributed by atoms with Crippen LogP contribution in [0.15, 0.2) is 34.9 Å². The summed E-state index contributed by atoms with van der Waals surface area (Å²) in [5.74, 6) is -0.536. The second-order valence-electron chi connectivity index (χ2n) is 5.62. The summed E-state index contributed by atoms with van der Waals surface area (Å²) < 4.78 is 10.3. The van der Waals surface area contributed by atoms with Gasteiger partial charge in [-0.25, -0.2) is 4.79 Å². The Labute approximate surface area is 128 Å². The molecule has 1 aromatic heterocycles. The van der Waals surface area contributed by atoms with E-state index in [1.54, 1.807) is 6.92 Å². The minimum atomic E-state index is -0.587. The van der Waals surface area contributed by atoms with Gasteiger partial charge in [-0.1, -0.05) is 29.8 Å². The van der Waals surface area contributed by atoms with E-state index in [0.29, 0.717) is 0 Å². The van der Waals surface area contributed by atoms with Crippen LogP contribution in [0.3, 0.4) is 0 Å². The number of rotatable bonds is 5. The van der Waals surface area contributed by atoms with E-state index in [-0.39, 0.29) is 29.3 Å². The van der Waals surface area contributed by atoms with Gasteiger partial charge in [0.25, 0.3) is 0 Å². The first-order valence-corrected chi connectivity index (χ1v) is 7.38. The highest BCUT2D eigenvalue weighted by atomic mass is 16.5. The van der Waals surface area contributed by atoms with Gasteiger partial charge in [-0.2, -0.15) is 0 Å². The SMILES string of the molecule is CCOC(=O)c1c(O)coc1NC1(c2ccc(C)cc2)CC1. The quantitative estimate of drug-likeness (QED) is 0.826. The molecule has 0 saturated heterocycles. The van der Waals surface area contributed by atoms with E-state index < -0.39 is 5.97 Å². The Balaban J connectivity index is 1.87. The summed E-state index contributed by atoms with van der Waals surface area (Å²) in [6.07, 6.45) is 3.04. The molecule has 1 saturated carbocycles.